The average Bonchev–Trinajstić information content (AvgIpc) is 3.37. The van der Waals surface area contributed by atoms with Crippen LogP contribution in [-0.4, -0.2) is 15.2 Å². The summed E-state index contributed by atoms with van der Waals surface area (Å²) in [5.41, 5.74) is 5.40. The van der Waals surface area contributed by atoms with E-state index in [0.29, 0.717) is 6.42 Å². The second-order valence-electron chi connectivity index (χ2n) is 6.83. The number of hydrogen-bond acceptors (Lipinski definition) is 3. The Kier molecular flexibility index (Phi) is 3.94. The normalized spacial score (nSPS) is 14.8. The van der Waals surface area contributed by atoms with Gasteiger partial charge in [-0.1, -0.05) is 36.4 Å². The quantitative estimate of drug-likeness (QED) is 0.510. The maximum Gasteiger partial charge on any atom is 0.123 e. The Morgan fingerprint density at radius 1 is 1.00 bits per heavy atom. The van der Waals surface area contributed by atoms with E-state index in [1.807, 2.05) is 24.3 Å². The van der Waals surface area contributed by atoms with Crippen molar-refractivity contribution in [3.63, 3.8) is 0 Å². The molecule has 0 saturated carbocycles. The van der Waals surface area contributed by atoms with Crippen molar-refractivity contribution >= 4 is 17.4 Å². The molecule has 0 radical (unpaired) electrons. The van der Waals surface area contributed by atoms with Crippen LogP contribution in [0.5, 0.6) is 0 Å². The number of rotatable bonds is 3. The molecule has 6 heteroatoms. The topological polar surface area (TPSA) is 41.6 Å². The molecule has 0 aliphatic heterocycles. The van der Waals surface area contributed by atoms with E-state index in [1.165, 1.54) is 35.6 Å². The first-order valence-corrected chi connectivity index (χ1v) is 9.71. The molecular formula is C22H15F2N3S. The van der Waals surface area contributed by atoms with E-state index in [9.17, 15) is 8.78 Å². The minimum Gasteiger partial charge on any atom is -0.281 e. The van der Waals surface area contributed by atoms with E-state index < -0.39 is 5.41 Å². The highest BCUT2D eigenvalue weighted by Gasteiger charge is 2.37. The van der Waals surface area contributed by atoms with Crippen LogP contribution in [0.15, 0.2) is 66.3 Å². The minimum atomic E-state index is -0.686. The number of nitrogens with one attached hydrogen (secondary N) is 1. The Labute approximate surface area is 164 Å². The summed E-state index contributed by atoms with van der Waals surface area (Å²) in [7, 11) is 0. The highest BCUT2D eigenvalue weighted by atomic mass is 32.1. The van der Waals surface area contributed by atoms with Gasteiger partial charge in [-0.3, -0.25) is 10.1 Å². The van der Waals surface area contributed by atoms with Crippen molar-refractivity contribution in [3.05, 3.63) is 100 Å². The van der Waals surface area contributed by atoms with Crippen molar-refractivity contribution in [2.24, 2.45) is 0 Å². The summed E-state index contributed by atoms with van der Waals surface area (Å²) in [6, 6.07) is 13.0. The SMILES string of the molecule is Fc1cccc(C2(c3cccc(F)c3)C=Cc3c(-c4cncs4)n[nH]c3C2)c1. The first-order chi connectivity index (χ1) is 13.7. The molecule has 0 fully saturated rings. The third kappa shape index (κ3) is 2.68. The number of aromatic amines is 1. The van der Waals surface area contributed by atoms with Gasteiger partial charge in [0, 0.05) is 29.3 Å². The fourth-order valence-corrected chi connectivity index (χ4v) is 4.50. The summed E-state index contributed by atoms with van der Waals surface area (Å²) in [5, 5.41) is 7.60. The van der Waals surface area contributed by atoms with Gasteiger partial charge in [-0.15, -0.1) is 11.3 Å². The number of H-pyrrole nitrogens is 1. The molecule has 3 nitrogen and oxygen atoms in total. The molecule has 0 unspecified atom stereocenters. The van der Waals surface area contributed by atoms with Gasteiger partial charge in [-0.2, -0.15) is 5.10 Å². The number of hydrogen-bond donors (Lipinski definition) is 1. The van der Waals surface area contributed by atoms with Crippen LogP contribution < -0.4 is 0 Å². The van der Waals surface area contributed by atoms with E-state index in [-0.39, 0.29) is 11.6 Å². The Morgan fingerprint density at radius 2 is 1.71 bits per heavy atom. The van der Waals surface area contributed by atoms with Crippen LogP contribution in [0.1, 0.15) is 22.4 Å². The van der Waals surface area contributed by atoms with Gasteiger partial charge < -0.3 is 0 Å². The van der Waals surface area contributed by atoms with Gasteiger partial charge in [0.15, 0.2) is 0 Å². The molecule has 2 heterocycles. The van der Waals surface area contributed by atoms with Crippen LogP contribution in [0, 0.1) is 11.6 Å². The average molecular weight is 391 g/mol. The van der Waals surface area contributed by atoms with Crippen molar-refractivity contribution < 1.29 is 8.78 Å². The molecule has 1 aliphatic carbocycles. The number of allylic oxidation sites excluding steroid dienone is 1. The summed E-state index contributed by atoms with van der Waals surface area (Å²) in [5.74, 6) is -0.634. The van der Waals surface area contributed by atoms with Gasteiger partial charge in [-0.05, 0) is 35.4 Å². The van der Waals surface area contributed by atoms with Crippen LogP contribution in [0.4, 0.5) is 8.78 Å². The zero-order valence-electron chi connectivity index (χ0n) is 14.7. The van der Waals surface area contributed by atoms with Gasteiger partial charge in [0.25, 0.3) is 0 Å². The zero-order chi connectivity index (χ0) is 19.1. The van der Waals surface area contributed by atoms with Gasteiger partial charge in [0.2, 0.25) is 0 Å². The lowest BCUT2D eigenvalue weighted by molar-refractivity contribution is 0.582. The molecule has 2 aromatic heterocycles. The van der Waals surface area contributed by atoms with Gasteiger partial charge in [0.05, 0.1) is 10.4 Å². The second kappa shape index (κ2) is 6.49. The van der Waals surface area contributed by atoms with Crippen LogP contribution in [0.2, 0.25) is 0 Å². The molecule has 1 N–H and O–H groups in total. The summed E-state index contributed by atoms with van der Waals surface area (Å²) in [6.07, 6.45) is 6.33. The number of benzene rings is 2. The minimum absolute atomic E-state index is 0.317. The lowest BCUT2D eigenvalue weighted by Crippen LogP contribution is -2.30. The molecule has 4 aromatic rings. The van der Waals surface area contributed by atoms with E-state index in [4.69, 9.17) is 0 Å². The van der Waals surface area contributed by atoms with Crippen molar-refractivity contribution in [1.82, 2.24) is 15.2 Å². The first kappa shape index (κ1) is 17.0. The molecule has 0 bridgehead atoms. The number of aromatic nitrogens is 3. The smallest absolute Gasteiger partial charge is 0.123 e. The summed E-state index contributed by atoms with van der Waals surface area (Å²) >= 11 is 1.52. The number of nitrogens with zero attached hydrogens (tertiary/aromatic N) is 2. The number of thiazole rings is 1. The predicted octanol–water partition coefficient (Wildman–Crippen LogP) is 5.37. The van der Waals surface area contributed by atoms with E-state index in [1.54, 1.807) is 23.8 Å². The highest BCUT2D eigenvalue weighted by molar-refractivity contribution is 7.13. The van der Waals surface area contributed by atoms with Crippen LogP contribution in [0.25, 0.3) is 16.6 Å². The van der Waals surface area contributed by atoms with Gasteiger partial charge >= 0.3 is 0 Å². The van der Waals surface area contributed by atoms with Crippen molar-refractivity contribution in [2.75, 3.05) is 0 Å². The van der Waals surface area contributed by atoms with Gasteiger partial charge in [0.1, 0.15) is 17.3 Å². The zero-order valence-corrected chi connectivity index (χ0v) is 15.5. The molecule has 5 rings (SSSR count). The number of fused-ring (bicyclic) bond motifs is 1. The summed E-state index contributed by atoms with van der Waals surface area (Å²) in [6.45, 7) is 0. The van der Waals surface area contributed by atoms with E-state index in [2.05, 4.69) is 15.2 Å². The lowest BCUT2D eigenvalue weighted by atomic mass is 9.68. The maximum absolute atomic E-state index is 14.0. The largest absolute Gasteiger partial charge is 0.281 e. The molecule has 2 aromatic carbocycles. The van der Waals surface area contributed by atoms with Crippen molar-refractivity contribution in [2.45, 2.75) is 11.8 Å². The Morgan fingerprint density at radius 3 is 2.32 bits per heavy atom. The lowest BCUT2D eigenvalue weighted by Gasteiger charge is -2.34. The Hall–Kier alpha value is -3.12. The molecule has 0 saturated heterocycles. The second-order valence-corrected chi connectivity index (χ2v) is 7.72. The molecule has 0 atom stereocenters. The molecule has 28 heavy (non-hydrogen) atoms. The molecule has 0 amide bonds. The molecule has 0 spiro atoms. The van der Waals surface area contributed by atoms with Crippen LogP contribution in [0.3, 0.4) is 0 Å². The Bertz CT molecular complexity index is 1130. The van der Waals surface area contributed by atoms with Crippen molar-refractivity contribution in [3.8, 4) is 10.6 Å². The third-order valence-corrected chi connectivity index (χ3v) is 6.00. The molecule has 138 valence electrons. The van der Waals surface area contributed by atoms with Crippen LogP contribution >= 0.6 is 11.3 Å². The predicted molar refractivity (Wildman–Crippen MR) is 106 cm³/mol. The van der Waals surface area contributed by atoms with Crippen LogP contribution in [-0.2, 0) is 11.8 Å². The third-order valence-electron chi connectivity index (χ3n) is 5.22. The fraction of sp³-hybridized carbons (Fsp3) is 0.0909. The first-order valence-electron chi connectivity index (χ1n) is 8.83. The summed E-state index contributed by atoms with van der Waals surface area (Å²) < 4.78 is 28.1. The van der Waals surface area contributed by atoms with Gasteiger partial charge in [-0.25, -0.2) is 8.78 Å². The highest BCUT2D eigenvalue weighted by Crippen LogP contribution is 2.43. The maximum atomic E-state index is 14.0. The van der Waals surface area contributed by atoms with E-state index in [0.717, 1.165) is 33.0 Å². The van der Waals surface area contributed by atoms with Crippen molar-refractivity contribution in [1.29, 1.82) is 0 Å². The molecule has 1 aliphatic rings. The van der Waals surface area contributed by atoms with E-state index >= 15 is 0 Å². The fourth-order valence-electron chi connectivity index (χ4n) is 3.88. The number of halogens is 2. The molecular weight excluding hydrogens is 376 g/mol. The monoisotopic (exact) mass is 391 g/mol. The Balaban J connectivity index is 1.69. The standard InChI is InChI=1S/C22H15F2N3S/c23-16-5-1-3-14(9-16)22(15-4-2-6-17(24)10-15)8-7-18-19(11-22)26-27-21(18)20-12-25-13-28-20/h1-10,12-13H,11H2,(H,26,27). The summed E-state index contributed by atoms with van der Waals surface area (Å²) in [4.78, 5) is 5.11.